The van der Waals surface area contributed by atoms with Gasteiger partial charge in [0.2, 0.25) is 0 Å². The van der Waals surface area contributed by atoms with E-state index in [0.29, 0.717) is 5.75 Å². The van der Waals surface area contributed by atoms with Crippen LogP contribution < -0.4 is 4.74 Å². The first-order valence-corrected chi connectivity index (χ1v) is 6.20. The molecule has 0 unspecified atom stereocenters. The lowest BCUT2D eigenvalue weighted by Crippen LogP contribution is -2.06. The van der Waals surface area contributed by atoms with E-state index in [4.69, 9.17) is 9.84 Å². The molecule has 4 heteroatoms. The molecule has 3 nitrogen and oxygen atoms in total. The average molecular weight is 274 g/mol. The minimum Gasteiger partial charge on any atom is -0.489 e. The van der Waals surface area contributed by atoms with E-state index in [2.05, 4.69) is 0 Å². The average Bonchev–Trinajstić information content (AvgIpc) is 2.39. The van der Waals surface area contributed by atoms with Crippen LogP contribution in [0.1, 0.15) is 27.0 Å². The van der Waals surface area contributed by atoms with Crippen LogP contribution in [0.5, 0.6) is 5.75 Å². The highest BCUT2D eigenvalue weighted by Gasteiger charge is 2.14. The van der Waals surface area contributed by atoms with Gasteiger partial charge in [0.15, 0.2) is 0 Å². The Morgan fingerprint density at radius 1 is 1.25 bits per heavy atom. The van der Waals surface area contributed by atoms with Crippen LogP contribution >= 0.6 is 0 Å². The van der Waals surface area contributed by atoms with E-state index in [1.165, 1.54) is 18.2 Å². The Labute approximate surface area is 116 Å². The van der Waals surface area contributed by atoms with Gasteiger partial charge in [-0.2, -0.15) is 0 Å². The first-order valence-electron chi connectivity index (χ1n) is 6.20. The maximum Gasteiger partial charge on any atom is 0.338 e. The largest absolute Gasteiger partial charge is 0.489 e. The number of aryl methyl sites for hydroxylation is 2. The van der Waals surface area contributed by atoms with Crippen LogP contribution in [0.3, 0.4) is 0 Å². The molecule has 0 saturated heterocycles. The lowest BCUT2D eigenvalue weighted by molar-refractivity contribution is 0.0691. The van der Waals surface area contributed by atoms with Gasteiger partial charge in [0.1, 0.15) is 18.2 Å². The van der Waals surface area contributed by atoms with Crippen molar-refractivity contribution in [1.29, 1.82) is 0 Å². The highest BCUT2D eigenvalue weighted by Crippen LogP contribution is 2.21. The van der Waals surface area contributed by atoms with Gasteiger partial charge in [-0.3, -0.25) is 0 Å². The number of rotatable bonds is 4. The number of benzene rings is 2. The van der Waals surface area contributed by atoms with Gasteiger partial charge in [0.05, 0.1) is 5.56 Å². The van der Waals surface area contributed by atoms with E-state index in [-0.39, 0.29) is 17.7 Å². The first-order chi connectivity index (χ1) is 9.49. The summed E-state index contributed by atoms with van der Waals surface area (Å²) in [4.78, 5) is 10.9. The minimum absolute atomic E-state index is 0.00312. The molecular formula is C16H15FO3. The molecule has 0 aliphatic rings. The zero-order valence-corrected chi connectivity index (χ0v) is 11.3. The van der Waals surface area contributed by atoms with Crippen molar-refractivity contribution >= 4 is 5.97 Å². The Balaban J connectivity index is 2.19. The fraction of sp³-hybridized carbons (Fsp3) is 0.188. The smallest absolute Gasteiger partial charge is 0.338 e. The number of hydrogen-bond donors (Lipinski definition) is 1. The van der Waals surface area contributed by atoms with Crippen LogP contribution in [0.4, 0.5) is 4.39 Å². The van der Waals surface area contributed by atoms with Gasteiger partial charge in [0.25, 0.3) is 0 Å². The van der Waals surface area contributed by atoms with Crippen LogP contribution in [0, 0.1) is 19.7 Å². The molecule has 2 aromatic carbocycles. The molecule has 2 rings (SSSR count). The van der Waals surface area contributed by atoms with E-state index in [0.717, 1.165) is 11.1 Å². The summed E-state index contributed by atoms with van der Waals surface area (Å²) >= 11 is 0. The summed E-state index contributed by atoms with van der Waals surface area (Å²) in [5, 5.41) is 8.87. The Morgan fingerprint density at radius 2 is 2.00 bits per heavy atom. The van der Waals surface area contributed by atoms with Gasteiger partial charge in [-0.1, -0.05) is 29.8 Å². The number of ether oxygens (including phenoxy) is 1. The molecule has 2 aromatic rings. The second kappa shape index (κ2) is 5.74. The minimum atomic E-state index is -1.28. The van der Waals surface area contributed by atoms with Crippen molar-refractivity contribution < 1.29 is 19.0 Å². The van der Waals surface area contributed by atoms with E-state index >= 15 is 0 Å². The molecule has 0 heterocycles. The summed E-state index contributed by atoms with van der Waals surface area (Å²) in [5.41, 5.74) is 1.96. The van der Waals surface area contributed by atoms with E-state index in [9.17, 15) is 9.18 Å². The van der Waals surface area contributed by atoms with Crippen molar-refractivity contribution in [1.82, 2.24) is 0 Å². The summed E-state index contributed by atoms with van der Waals surface area (Å²) in [6.45, 7) is 3.88. The fourth-order valence-corrected chi connectivity index (χ4v) is 1.97. The molecule has 0 amide bonds. The first kappa shape index (κ1) is 14.1. The van der Waals surface area contributed by atoms with E-state index in [1.807, 2.05) is 32.0 Å². The van der Waals surface area contributed by atoms with E-state index in [1.54, 1.807) is 0 Å². The third-order valence-electron chi connectivity index (χ3n) is 3.02. The molecule has 20 heavy (non-hydrogen) atoms. The standard InChI is InChI=1S/C16H15FO3/c1-10-6-7-14(11(2)8-10)20-9-12-4-3-5-13(15(12)17)16(18)19/h3-8H,9H2,1-2H3,(H,18,19). The number of halogens is 1. The molecule has 0 fully saturated rings. The molecule has 1 N–H and O–H groups in total. The zero-order chi connectivity index (χ0) is 14.7. The lowest BCUT2D eigenvalue weighted by Gasteiger charge is -2.11. The third kappa shape index (κ3) is 2.96. The predicted octanol–water partition coefficient (Wildman–Crippen LogP) is 3.72. The van der Waals surface area contributed by atoms with Gasteiger partial charge in [-0.15, -0.1) is 0 Å². The summed E-state index contributed by atoms with van der Waals surface area (Å²) in [6.07, 6.45) is 0. The van der Waals surface area contributed by atoms with Crippen LogP contribution in [0.15, 0.2) is 36.4 Å². The monoisotopic (exact) mass is 274 g/mol. The molecule has 0 aliphatic carbocycles. The topological polar surface area (TPSA) is 46.5 Å². The molecule has 0 spiro atoms. The maximum absolute atomic E-state index is 13.9. The van der Waals surface area contributed by atoms with Crippen molar-refractivity contribution in [3.63, 3.8) is 0 Å². The third-order valence-corrected chi connectivity index (χ3v) is 3.02. The van der Waals surface area contributed by atoms with Crippen LogP contribution in [0.2, 0.25) is 0 Å². The normalized spacial score (nSPS) is 10.3. The van der Waals surface area contributed by atoms with E-state index < -0.39 is 11.8 Å². The van der Waals surface area contributed by atoms with Crippen molar-refractivity contribution in [2.75, 3.05) is 0 Å². The predicted molar refractivity (Wildman–Crippen MR) is 73.6 cm³/mol. The summed E-state index contributed by atoms with van der Waals surface area (Å²) in [5.74, 6) is -1.36. The van der Waals surface area contributed by atoms with Gasteiger partial charge >= 0.3 is 5.97 Å². The fourth-order valence-electron chi connectivity index (χ4n) is 1.97. The summed E-state index contributed by atoms with van der Waals surface area (Å²) in [6, 6.07) is 9.96. The molecule has 0 aliphatic heterocycles. The number of carboxylic acids is 1. The van der Waals surface area contributed by atoms with Crippen molar-refractivity contribution in [3.8, 4) is 5.75 Å². The van der Waals surface area contributed by atoms with Gasteiger partial charge < -0.3 is 9.84 Å². The summed E-state index contributed by atoms with van der Waals surface area (Å²) < 4.78 is 19.5. The SMILES string of the molecule is Cc1ccc(OCc2cccc(C(=O)O)c2F)c(C)c1. The Morgan fingerprint density at radius 3 is 2.65 bits per heavy atom. The number of carboxylic acid groups (broad SMARTS) is 1. The van der Waals surface area contributed by atoms with Crippen LogP contribution in [-0.4, -0.2) is 11.1 Å². The number of carbonyl (C=O) groups is 1. The lowest BCUT2D eigenvalue weighted by atomic mass is 10.1. The Kier molecular flexibility index (Phi) is 4.03. The van der Waals surface area contributed by atoms with Gasteiger partial charge in [0, 0.05) is 5.56 Å². The molecular weight excluding hydrogens is 259 g/mol. The van der Waals surface area contributed by atoms with Crippen molar-refractivity contribution in [3.05, 3.63) is 64.5 Å². The molecule has 0 atom stereocenters. The maximum atomic E-state index is 13.9. The van der Waals surface area contributed by atoms with Crippen LogP contribution in [-0.2, 0) is 6.61 Å². The molecule has 0 aromatic heterocycles. The highest BCUT2D eigenvalue weighted by atomic mass is 19.1. The molecule has 0 bridgehead atoms. The van der Waals surface area contributed by atoms with Crippen molar-refractivity contribution in [2.45, 2.75) is 20.5 Å². The molecule has 0 radical (unpaired) electrons. The Hall–Kier alpha value is -2.36. The van der Waals surface area contributed by atoms with Crippen molar-refractivity contribution in [2.24, 2.45) is 0 Å². The van der Waals surface area contributed by atoms with Gasteiger partial charge in [-0.05, 0) is 31.5 Å². The number of hydrogen-bond acceptors (Lipinski definition) is 2. The van der Waals surface area contributed by atoms with Gasteiger partial charge in [-0.25, -0.2) is 9.18 Å². The quantitative estimate of drug-likeness (QED) is 0.924. The Bertz CT molecular complexity index is 650. The highest BCUT2D eigenvalue weighted by molar-refractivity contribution is 5.88. The second-order valence-corrected chi connectivity index (χ2v) is 4.64. The molecule has 104 valence electrons. The number of aromatic carboxylic acids is 1. The molecule has 0 saturated carbocycles. The zero-order valence-electron chi connectivity index (χ0n) is 11.3. The summed E-state index contributed by atoms with van der Waals surface area (Å²) in [7, 11) is 0. The second-order valence-electron chi connectivity index (χ2n) is 4.64. The van der Waals surface area contributed by atoms with Crippen LogP contribution in [0.25, 0.3) is 0 Å².